The lowest BCUT2D eigenvalue weighted by Gasteiger charge is -2.17. The number of rotatable bonds is 3. The molecule has 4 heteroatoms. The molecule has 0 saturated carbocycles. The van der Waals surface area contributed by atoms with E-state index < -0.39 is 11.8 Å². The Bertz CT molecular complexity index is 391. The van der Waals surface area contributed by atoms with Crippen LogP contribution >= 0.6 is 0 Å². The molecule has 0 heterocycles. The molecule has 0 aromatic heterocycles. The molecule has 1 aromatic rings. The first-order valence-electron chi connectivity index (χ1n) is 5.18. The molecule has 1 unspecified atom stereocenters. The third kappa shape index (κ3) is 2.95. The Hall–Kier alpha value is -1.58. The van der Waals surface area contributed by atoms with E-state index >= 15 is 0 Å². The number of hydrogen-bond donors (Lipinski definition) is 1. The second-order valence-corrected chi connectivity index (χ2v) is 4.09. The van der Waals surface area contributed by atoms with Gasteiger partial charge < -0.3 is 10.5 Å². The maximum Gasteiger partial charge on any atom is 0.340 e. The van der Waals surface area contributed by atoms with Crippen LogP contribution in [-0.2, 0) is 4.74 Å². The summed E-state index contributed by atoms with van der Waals surface area (Å²) in [5.41, 5.74) is 5.83. The summed E-state index contributed by atoms with van der Waals surface area (Å²) in [6.07, 6.45) is -0.197. The lowest BCUT2D eigenvalue weighted by atomic mass is 10.1. The summed E-state index contributed by atoms with van der Waals surface area (Å²) in [6.45, 7) is 5.71. The third-order valence-electron chi connectivity index (χ3n) is 2.47. The van der Waals surface area contributed by atoms with E-state index in [4.69, 9.17) is 10.5 Å². The molecule has 0 spiro atoms. The number of halogens is 1. The number of ether oxygens (including phenoxy) is 1. The Kier molecular flexibility index (Phi) is 3.88. The quantitative estimate of drug-likeness (QED) is 0.635. The predicted molar refractivity (Wildman–Crippen MR) is 60.5 cm³/mol. The van der Waals surface area contributed by atoms with Gasteiger partial charge in [0, 0.05) is 5.69 Å². The molecule has 0 fully saturated rings. The van der Waals surface area contributed by atoms with Gasteiger partial charge in [-0.2, -0.15) is 0 Å². The summed E-state index contributed by atoms with van der Waals surface area (Å²) in [7, 11) is 0. The summed E-state index contributed by atoms with van der Waals surface area (Å²) in [6, 6.07) is 3.63. The lowest BCUT2D eigenvalue weighted by molar-refractivity contribution is 0.0239. The molecule has 16 heavy (non-hydrogen) atoms. The average Bonchev–Trinajstić information content (AvgIpc) is 2.16. The highest BCUT2D eigenvalue weighted by molar-refractivity contribution is 5.95. The van der Waals surface area contributed by atoms with Crippen molar-refractivity contribution in [3.8, 4) is 0 Å². The molecule has 0 aliphatic carbocycles. The molecule has 1 rings (SSSR count). The van der Waals surface area contributed by atoms with Crippen LogP contribution in [0.25, 0.3) is 0 Å². The minimum absolute atomic E-state index is 0.0981. The summed E-state index contributed by atoms with van der Waals surface area (Å²) in [4.78, 5) is 11.7. The molecule has 1 atom stereocenters. The maximum atomic E-state index is 12.8. The van der Waals surface area contributed by atoms with E-state index in [-0.39, 0.29) is 23.3 Å². The Balaban J connectivity index is 2.81. The summed E-state index contributed by atoms with van der Waals surface area (Å²) >= 11 is 0. The SMILES string of the molecule is CC(C)C(C)OC(=O)c1ccc(F)cc1N. The minimum Gasteiger partial charge on any atom is -0.459 e. The fourth-order valence-electron chi connectivity index (χ4n) is 1.09. The number of carbonyl (C=O) groups is 1. The van der Waals surface area contributed by atoms with E-state index in [9.17, 15) is 9.18 Å². The van der Waals surface area contributed by atoms with E-state index in [1.807, 2.05) is 20.8 Å². The fourth-order valence-corrected chi connectivity index (χ4v) is 1.09. The Morgan fingerprint density at radius 1 is 1.38 bits per heavy atom. The van der Waals surface area contributed by atoms with E-state index in [1.165, 1.54) is 12.1 Å². The number of anilines is 1. The number of nitrogen functional groups attached to an aromatic ring is 1. The van der Waals surface area contributed by atoms with Crippen molar-refractivity contribution in [1.82, 2.24) is 0 Å². The topological polar surface area (TPSA) is 52.3 Å². The van der Waals surface area contributed by atoms with Crippen molar-refractivity contribution in [2.75, 3.05) is 5.73 Å². The lowest BCUT2D eigenvalue weighted by Crippen LogP contribution is -2.21. The van der Waals surface area contributed by atoms with Gasteiger partial charge in [0.25, 0.3) is 0 Å². The monoisotopic (exact) mass is 225 g/mol. The Labute approximate surface area is 94.4 Å². The highest BCUT2D eigenvalue weighted by Gasteiger charge is 2.17. The zero-order valence-corrected chi connectivity index (χ0v) is 9.66. The highest BCUT2D eigenvalue weighted by Crippen LogP contribution is 2.16. The largest absolute Gasteiger partial charge is 0.459 e. The molecule has 88 valence electrons. The van der Waals surface area contributed by atoms with Gasteiger partial charge in [-0.25, -0.2) is 9.18 Å². The van der Waals surface area contributed by atoms with Crippen LogP contribution in [0.5, 0.6) is 0 Å². The second-order valence-electron chi connectivity index (χ2n) is 4.09. The fraction of sp³-hybridized carbons (Fsp3) is 0.417. The molecule has 1 aromatic carbocycles. The van der Waals surface area contributed by atoms with E-state index in [0.717, 1.165) is 6.07 Å². The van der Waals surface area contributed by atoms with Crippen molar-refractivity contribution in [2.45, 2.75) is 26.9 Å². The molecule has 0 aliphatic rings. The normalized spacial score (nSPS) is 12.6. The number of carbonyl (C=O) groups excluding carboxylic acids is 1. The molecular formula is C12H16FNO2. The molecule has 0 amide bonds. The van der Waals surface area contributed by atoms with Gasteiger partial charge in [-0.3, -0.25) is 0 Å². The van der Waals surface area contributed by atoms with Gasteiger partial charge in [0.05, 0.1) is 5.56 Å². The zero-order chi connectivity index (χ0) is 12.3. The van der Waals surface area contributed by atoms with Crippen molar-refractivity contribution in [1.29, 1.82) is 0 Å². The van der Waals surface area contributed by atoms with E-state index in [1.54, 1.807) is 0 Å². The van der Waals surface area contributed by atoms with Gasteiger partial charge >= 0.3 is 5.97 Å². The Morgan fingerprint density at radius 3 is 2.50 bits per heavy atom. The van der Waals surface area contributed by atoms with Gasteiger partial charge in [-0.05, 0) is 31.0 Å². The summed E-state index contributed by atoms with van der Waals surface area (Å²) in [5, 5.41) is 0. The van der Waals surface area contributed by atoms with Crippen LogP contribution in [0.2, 0.25) is 0 Å². The Morgan fingerprint density at radius 2 is 2.00 bits per heavy atom. The van der Waals surface area contributed by atoms with Gasteiger partial charge in [-0.1, -0.05) is 13.8 Å². The van der Waals surface area contributed by atoms with Crippen LogP contribution in [0.1, 0.15) is 31.1 Å². The van der Waals surface area contributed by atoms with Gasteiger partial charge in [-0.15, -0.1) is 0 Å². The smallest absolute Gasteiger partial charge is 0.340 e. The van der Waals surface area contributed by atoms with Crippen LogP contribution in [-0.4, -0.2) is 12.1 Å². The van der Waals surface area contributed by atoms with Gasteiger partial charge in [0.2, 0.25) is 0 Å². The third-order valence-corrected chi connectivity index (χ3v) is 2.47. The van der Waals surface area contributed by atoms with Gasteiger partial charge in [0.1, 0.15) is 11.9 Å². The molecule has 3 nitrogen and oxygen atoms in total. The molecule has 0 bridgehead atoms. The zero-order valence-electron chi connectivity index (χ0n) is 9.66. The molecule has 0 radical (unpaired) electrons. The first kappa shape index (κ1) is 12.5. The van der Waals surface area contributed by atoms with Crippen molar-refractivity contribution >= 4 is 11.7 Å². The van der Waals surface area contributed by atoms with Crippen molar-refractivity contribution in [2.24, 2.45) is 5.92 Å². The minimum atomic E-state index is -0.515. The highest BCUT2D eigenvalue weighted by atomic mass is 19.1. The van der Waals surface area contributed by atoms with Crippen molar-refractivity contribution < 1.29 is 13.9 Å². The number of benzene rings is 1. The first-order valence-corrected chi connectivity index (χ1v) is 5.18. The van der Waals surface area contributed by atoms with E-state index in [2.05, 4.69) is 0 Å². The predicted octanol–water partition coefficient (Wildman–Crippen LogP) is 2.61. The van der Waals surface area contributed by atoms with Crippen molar-refractivity contribution in [3.63, 3.8) is 0 Å². The van der Waals surface area contributed by atoms with Gasteiger partial charge in [0.15, 0.2) is 0 Å². The summed E-state index contributed by atoms with van der Waals surface area (Å²) in [5.74, 6) is -0.754. The van der Waals surface area contributed by atoms with Crippen LogP contribution in [0.4, 0.5) is 10.1 Å². The van der Waals surface area contributed by atoms with Crippen LogP contribution in [0, 0.1) is 11.7 Å². The standard InChI is InChI=1S/C12H16FNO2/c1-7(2)8(3)16-12(15)10-5-4-9(13)6-11(10)14/h4-8H,14H2,1-3H3. The maximum absolute atomic E-state index is 12.8. The molecule has 0 aliphatic heterocycles. The first-order chi connectivity index (χ1) is 7.41. The number of esters is 1. The summed E-state index contributed by atoms with van der Waals surface area (Å²) < 4.78 is 17.9. The molecule has 2 N–H and O–H groups in total. The molecular weight excluding hydrogens is 209 g/mol. The van der Waals surface area contributed by atoms with Crippen molar-refractivity contribution in [3.05, 3.63) is 29.6 Å². The number of nitrogens with two attached hydrogens (primary N) is 1. The number of hydrogen-bond acceptors (Lipinski definition) is 3. The van der Waals surface area contributed by atoms with E-state index in [0.29, 0.717) is 0 Å². The van der Waals surface area contributed by atoms with Crippen LogP contribution in [0.3, 0.4) is 0 Å². The van der Waals surface area contributed by atoms with Crippen LogP contribution < -0.4 is 5.73 Å². The molecule has 0 saturated heterocycles. The second kappa shape index (κ2) is 4.96. The average molecular weight is 225 g/mol. The van der Waals surface area contributed by atoms with Crippen LogP contribution in [0.15, 0.2) is 18.2 Å².